The zero-order valence-electron chi connectivity index (χ0n) is 9.56. The van der Waals surface area contributed by atoms with Crippen LogP contribution in [-0.4, -0.2) is 30.1 Å². The van der Waals surface area contributed by atoms with E-state index in [0.29, 0.717) is 13.2 Å². The van der Waals surface area contributed by atoms with Gasteiger partial charge in [-0.1, -0.05) is 0 Å². The zero-order valence-corrected chi connectivity index (χ0v) is 9.56. The lowest BCUT2D eigenvalue weighted by molar-refractivity contribution is 0.0855. The molecular weight excluding hydrogens is 206 g/mol. The molecule has 0 aliphatic carbocycles. The summed E-state index contributed by atoms with van der Waals surface area (Å²) in [5, 5.41) is 3.15. The van der Waals surface area contributed by atoms with E-state index in [0.717, 1.165) is 5.69 Å². The maximum Gasteiger partial charge on any atom is 0.267 e. The Morgan fingerprint density at radius 3 is 3.06 bits per heavy atom. The van der Waals surface area contributed by atoms with E-state index in [9.17, 15) is 4.79 Å². The monoisotopic (exact) mass is 223 g/mol. The van der Waals surface area contributed by atoms with Gasteiger partial charge >= 0.3 is 0 Å². The molecule has 0 aliphatic rings. The Hall–Kier alpha value is -1.62. The number of carbonyl (C=O) groups excluding carboxylic acids is 1. The fourth-order valence-electron chi connectivity index (χ4n) is 1.28. The van der Waals surface area contributed by atoms with Crippen LogP contribution in [0.4, 0.5) is 5.69 Å². The molecular formula is C11H17N3O2. The third-order valence-corrected chi connectivity index (χ3v) is 2.06. The summed E-state index contributed by atoms with van der Waals surface area (Å²) in [5.41, 5.74) is 6.21. The van der Waals surface area contributed by atoms with Crippen molar-refractivity contribution < 1.29 is 9.53 Å². The number of primary amides is 1. The molecule has 1 rings (SSSR count). The van der Waals surface area contributed by atoms with Crippen molar-refractivity contribution in [3.8, 4) is 0 Å². The summed E-state index contributed by atoms with van der Waals surface area (Å²) in [6.07, 6.45) is 1.67. The van der Waals surface area contributed by atoms with E-state index in [-0.39, 0.29) is 11.8 Å². The fourth-order valence-corrected chi connectivity index (χ4v) is 1.28. The quantitative estimate of drug-likeness (QED) is 0.754. The lowest BCUT2D eigenvalue weighted by atomic mass is 10.3. The molecule has 0 spiro atoms. The first-order valence-electron chi connectivity index (χ1n) is 5.24. The van der Waals surface area contributed by atoms with Gasteiger partial charge in [0.25, 0.3) is 5.91 Å². The number of rotatable bonds is 6. The molecule has 5 nitrogen and oxygen atoms in total. The summed E-state index contributed by atoms with van der Waals surface area (Å²) in [5.74, 6) is -0.526. The van der Waals surface area contributed by atoms with Crippen molar-refractivity contribution in [2.24, 2.45) is 5.73 Å². The summed E-state index contributed by atoms with van der Waals surface area (Å²) < 4.78 is 5.37. The minimum Gasteiger partial charge on any atom is -0.382 e. The van der Waals surface area contributed by atoms with Gasteiger partial charge in [0.05, 0.1) is 6.10 Å². The van der Waals surface area contributed by atoms with E-state index in [1.165, 1.54) is 0 Å². The average molecular weight is 223 g/mol. The molecule has 1 unspecified atom stereocenters. The average Bonchev–Trinajstić information content (AvgIpc) is 2.27. The van der Waals surface area contributed by atoms with Crippen LogP contribution in [0.5, 0.6) is 0 Å². The first-order chi connectivity index (χ1) is 7.63. The standard InChI is InChI=1S/C11H17N3O2/c1-3-16-8(2)7-14-9-4-5-13-10(6-9)11(12)15/h4-6,8H,3,7H2,1-2H3,(H2,12,15)(H,13,14). The number of hydrogen-bond donors (Lipinski definition) is 2. The predicted octanol–water partition coefficient (Wildman–Crippen LogP) is 1.02. The second-order valence-electron chi connectivity index (χ2n) is 3.44. The highest BCUT2D eigenvalue weighted by Gasteiger charge is 2.04. The van der Waals surface area contributed by atoms with Crippen molar-refractivity contribution in [3.63, 3.8) is 0 Å². The summed E-state index contributed by atoms with van der Waals surface area (Å²) in [7, 11) is 0. The van der Waals surface area contributed by atoms with Crippen molar-refractivity contribution in [2.45, 2.75) is 20.0 Å². The molecule has 16 heavy (non-hydrogen) atoms. The maximum absolute atomic E-state index is 10.9. The molecule has 1 heterocycles. The predicted molar refractivity (Wildman–Crippen MR) is 62.3 cm³/mol. The number of hydrogen-bond acceptors (Lipinski definition) is 4. The van der Waals surface area contributed by atoms with E-state index in [4.69, 9.17) is 10.5 Å². The van der Waals surface area contributed by atoms with Crippen molar-refractivity contribution in [3.05, 3.63) is 24.0 Å². The van der Waals surface area contributed by atoms with Gasteiger partial charge in [-0.15, -0.1) is 0 Å². The molecule has 88 valence electrons. The van der Waals surface area contributed by atoms with Crippen LogP contribution in [0.2, 0.25) is 0 Å². The topological polar surface area (TPSA) is 77.2 Å². The van der Waals surface area contributed by atoms with E-state index in [1.807, 2.05) is 13.8 Å². The van der Waals surface area contributed by atoms with Crippen molar-refractivity contribution in [1.29, 1.82) is 0 Å². The first kappa shape index (κ1) is 12.4. The summed E-state index contributed by atoms with van der Waals surface area (Å²) in [6, 6.07) is 3.41. The van der Waals surface area contributed by atoms with Gasteiger partial charge in [0.15, 0.2) is 0 Å². The van der Waals surface area contributed by atoms with Crippen LogP contribution in [-0.2, 0) is 4.74 Å². The zero-order chi connectivity index (χ0) is 12.0. The molecule has 3 N–H and O–H groups in total. The van der Waals surface area contributed by atoms with Gasteiger partial charge < -0.3 is 15.8 Å². The Morgan fingerprint density at radius 2 is 2.44 bits per heavy atom. The van der Waals surface area contributed by atoms with Crippen LogP contribution in [0, 0.1) is 0 Å². The number of nitrogens with two attached hydrogens (primary N) is 1. The van der Waals surface area contributed by atoms with E-state index < -0.39 is 5.91 Å². The summed E-state index contributed by atoms with van der Waals surface area (Å²) >= 11 is 0. The molecule has 0 radical (unpaired) electrons. The van der Waals surface area contributed by atoms with Crippen molar-refractivity contribution >= 4 is 11.6 Å². The van der Waals surface area contributed by atoms with E-state index >= 15 is 0 Å². The largest absolute Gasteiger partial charge is 0.382 e. The lowest BCUT2D eigenvalue weighted by Gasteiger charge is -2.13. The highest BCUT2D eigenvalue weighted by molar-refractivity contribution is 5.91. The molecule has 0 aromatic carbocycles. The van der Waals surface area contributed by atoms with Gasteiger partial charge in [0.1, 0.15) is 5.69 Å². The number of aromatic nitrogens is 1. The second kappa shape index (κ2) is 6.07. The molecule has 0 saturated heterocycles. The highest BCUT2D eigenvalue weighted by Crippen LogP contribution is 2.07. The minimum atomic E-state index is -0.526. The van der Waals surface area contributed by atoms with Crippen LogP contribution in [0.3, 0.4) is 0 Å². The molecule has 0 fully saturated rings. The highest BCUT2D eigenvalue weighted by atomic mass is 16.5. The van der Waals surface area contributed by atoms with Crippen LogP contribution in [0.15, 0.2) is 18.3 Å². The molecule has 0 bridgehead atoms. The Balaban J connectivity index is 2.54. The molecule has 0 saturated carbocycles. The van der Waals surface area contributed by atoms with Gasteiger partial charge in [0, 0.05) is 25.0 Å². The van der Waals surface area contributed by atoms with Crippen molar-refractivity contribution in [2.75, 3.05) is 18.5 Å². The lowest BCUT2D eigenvalue weighted by Crippen LogP contribution is -2.20. The molecule has 1 atom stereocenters. The smallest absolute Gasteiger partial charge is 0.267 e. The number of nitrogens with one attached hydrogen (secondary N) is 1. The van der Waals surface area contributed by atoms with Crippen LogP contribution in [0.25, 0.3) is 0 Å². The van der Waals surface area contributed by atoms with E-state index in [1.54, 1.807) is 18.3 Å². The normalized spacial score (nSPS) is 12.1. The number of anilines is 1. The first-order valence-corrected chi connectivity index (χ1v) is 5.24. The number of amides is 1. The molecule has 1 aromatic rings. The van der Waals surface area contributed by atoms with Crippen LogP contribution >= 0.6 is 0 Å². The van der Waals surface area contributed by atoms with Gasteiger partial charge in [0.2, 0.25) is 0 Å². The van der Waals surface area contributed by atoms with Gasteiger partial charge in [-0.2, -0.15) is 0 Å². The SMILES string of the molecule is CCOC(C)CNc1ccnc(C(N)=O)c1. The molecule has 1 aromatic heterocycles. The minimum absolute atomic E-state index is 0.121. The maximum atomic E-state index is 10.9. The number of pyridine rings is 1. The van der Waals surface area contributed by atoms with Gasteiger partial charge in [-0.05, 0) is 26.0 Å². The summed E-state index contributed by atoms with van der Waals surface area (Å²) in [6.45, 7) is 5.29. The second-order valence-corrected chi connectivity index (χ2v) is 3.44. The third-order valence-electron chi connectivity index (χ3n) is 2.06. The Labute approximate surface area is 95.0 Å². The Kier molecular flexibility index (Phi) is 4.72. The number of carbonyl (C=O) groups is 1. The van der Waals surface area contributed by atoms with Crippen LogP contribution in [0.1, 0.15) is 24.3 Å². The molecule has 0 aliphatic heterocycles. The Bertz CT molecular complexity index is 355. The molecule has 1 amide bonds. The van der Waals surface area contributed by atoms with Gasteiger partial charge in [-0.25, -0.2) is 0 Å². The number of nitrogens with zero attached hydrogens (tertiary/aromatic N) is 1. The van der Waals surface area contributed by atoms with Gasteiger partial charge in [-0.3, -0.25) is 9.78 Å². The van der Waals surface area contributed by atoms with Crippen LogP contribution < -0.4 is 11.1 Å². The van der Waals surface area contributed by atoms with E-state index in [2.05, 4.69) is 10.3 Å². The summed E-state index contributed by atoms with van der Waals surface area (Å²) in [4.78, 5) is 14.8. The molecule has 5 heteroatoms. The fraction of sp³-hybridized carbons (Fsp3) is 0.455. The van der Waals surface area contributed by atoms with Crippen molar-refractivity contribution in [1.82, 2.24) is 4.98 Å². The Morgan fingerprint density at radius 1 is 1.69 bits per heavy atom. The third kappa shape index (κ3) is 3.86. The number of ether oxygens (including phenoxy) is 1.